The molecule has 1 saturated carbocycles. The molecule has 0 aromatic rings. The van der Waals surface area contributed by atoms with Gasteiger partial charge in [-0.1, -0.05) is 13.3 Å². The SMILES string of the molecule is CCCCS(=O)(=O)NC1CC(=O)C1. The van der Waals surface area contributed by atoms with E-state index in [0.717, 1.165) is 6.42 Å². The number of unbranched alkanes of at least 4 members (excludes halogenated alkanes) is 1. The fourth-order valence-corrected chi connectivity index (χ4v) is 2.68. The molecule has 0 unspecified atom stereocenters. The lowest BCUT2D eigenvalue weighted by atomic mass is 9.93. The summed E-state index contributed by atoms with van der Waals surface area (Å²) in [5.74, 6) is 0.317. The van der Waals surface area contributed by atoms with Crippen LogP contribution in [-0.2, 0) is 14.8 Å². The number of carbonyl (C=O) groups is 1. The second-order valence-electron chi connectivity index (χ2n) is 3.43. The number of hydrogen-bond donors (Lipinski definition) is 1. The summed E-state index contributed by atoms with van der Waals surface area (Å²) in [7, 11) is -3.13. The third-order valence-electron chi connectivity index (χ3n) is 2.06. The molecule has 0 saturated heterocycles. The lowest BCUT2D eigenvalue weighted by molar-refractivity contribution is -0.124. The van der Waals surface area contributed by atoms with Gasteiger partial charge in [0.1, 0.15) is 5.78 Å². The molecule has 1 aliphatic carbocycles. The Bertz CT molecular complexity index is 276. The van der Waals surface area contributed by atoms with Crippen molar-refractivity contribution >= 4 is 15.8 Å². The summed E-state index contributed by atoms with van der Waals surface area (Å²) >= 11 is 0. The van der Waals surface area contributed by atoms with Gasteiger partial charge < -0.3 is 0 Å². The Morgan fingerprint density at radius 2 is 2.08 bits per heavy atom. The predicted octanol–water partition coefficient (Wildman–Crippen LogP) is 0.437. The van der Waals surface area contributed by atoms with Gasteiger partial charge in [-0.2, -0.15) is 0 Å². The summed E-state index contributed by atoms with van der Waals surface area (Å²) in [6.07, 6.45) is 2.28. The molecular formula is C8H15NO3S. The van der Waals surface area contributed by atoms with E-state index < -0.39 is 10.0 Å². The monoisotopic (exact) mass is 205 g/mol. The summed E-state index contributed by atoms with van der Waals surface area (Å²) in [5.41, 5.74) is 0. The Labute approximate surface area is 78.8 Å². The van der Waals surface area contributed by atoms with E-state index in [1.807, 2.05) is 6.92 Å². The Balaban J connectivity index is 2.30. The average Bonchev–Trinajstić information content (AvgIpc) is 1.98. The molecular weight excluding hydrogens is 190 g/mol. The van der Waals surface area contributed by atoms with Crippen LogP contribution in [0.5, 0.6) is 0 Å². The summed E-state index contributed by atoms with van der Waals surface area (Å²) in [5, 5.41) is 0. The second-order valence-corrected chi connectivity index (χ2v) is 5.31. The van der Waals surface area contributed by atoms with Crippen LogP contribution in [0.2, 0.25) is 0 Å². The summed E-state index contributed by atoms with van der Waals surface area (Å²) in [6.45, 7) is 1.95. The van der Waals surface area contributed by atoms with Crippen LogP contribution in [0, 0.1) is 0 Å². The molecule has 76 valence electrons. The zero-order valence-corrected chi connectivity index (χ0v) is 8.56. The first-order chi connectivity index (χ1) is 6.03. The Morgan fingerprint density at radius 1 is 1.46 bits per heavy atom. The molecule has 0 spiro atoms. The highest BCUT2D eigenvalue weighted by Gasteiger charge is 2.29. The molecule has 0 bridgehead atoms. The Kier molecular flexibility index (Phi) is 3.44. The van der Waals surface area contributed by atoms with Crippen LogP contribution in [0.3, 0.4) is 0 Å². The molecule has 1 N–H and O–H groups in total. The molecule has 1 rings (SSSR count). The predicted molar refractivity (Wildman–Crippen MR) is 49.9 cm³/mol. The summed E-state index contributed by atoms with van der Waals surface area (Å²) < 4.78 is 25.1. The third-order valence-corrected chi connectivity index (χ3v) is 3.58. The maximum atomic E-state index is 11.3. The van der Waals surface area contributed by atoms with Crippen molar-refractivity contribution in [1.29, 1.82) is 0 Å². The summed E-state index contributed by atoms with van der Waals surface area (Å²) in [4.78, 5) is 10.6. The number of nitrogens with one attached hydrogen (secondary N) is 1. The zero-order chi connectivity index (χ0) is 9.90. The van der Waals surface area contributed by atoms with E-state index in [1.165, 1.54) is 0 Å². The molecule has 0 amide bonds. The normalized spacial score (nSPS) is 18.7. The highest BCUT2D eigenvalue weighted by atomic mass is 32.2. The minimum atomic E-state index is -3.13. The highest BCUT2D eigenvalue weighted by Crippen LogP contribution is 2.15. The van der Waals surface area contributed by atoms with Gasteiger partial charge in [-0.15, -0.1) is 0 Å². The number of hydrogen-bond acceptors (Lipinski definition) is 3. The number of sulfonamides is 1. The van der Waals surface area contributed by atoms with Crippen molar-refractivity contribution in [3.8, 4) is 0 Å². The third kappa shape index (κ3) is 3.44. The Hall–Kier alpha value is -0.420. The van der Waals surface area contributed by atoms with Crippen LogP contribution in [0.25, 0.3) is 0 Å². The molecule has 0 atom stereocenters. The smallest absolute Gasteiger partial charge is 0.211 e. The van der Waals surface area contributed by atoms with Crippen molar-refractivity contribution in [2.75, 3.05) is 5.75 Å². The van der Waals surface area contributed by atoms with Crippen molar-refractivity contribution in [3.05, 3.63) is 0 Å². The van der Waals surface area contributed by atoms with Crippen molar-refractivity contribution in [2.24, 2.45) is 0 Å². The van der Waals surface area contributed by atoms with E-state index in [-0.39, 0.29) is 17.6 Å². The van der Waals surface area contributed by atoms with Crippen LogP contribution in [-0.4, -0.2) is 26.0 Å². The van der Waals surface area contributed by atoms with E-state index >= 15 is 0 Å². The molecule has 0 aromatic heterocycles. The van der Waals surface area contributed by atoms with Gasteiger partial charge in [-0.3, -0.25) is 4.79 Å². The van der Waals surface area contributed by atoms with Gasteiger partial charge in [0, 0.05) is 18.9 Å². The van der Waals surface area contributed by atoms with Gasteiger partial charge >= 0.3 is 0 Å². The minimum absolute atomic E-state index is 0.130. The lowest BCUT2D eigenvalue weighted by Crippen LogP contribution is -2.45. The van der Waals surface area contributed by atoms with E-state index in [9.17, 15) is 13.2 Å². The molecule has 0 aliphatic heterocycles. The lowest BCUT2D eigenvalue weighted by Gasteiger charge is -2.24. The largest absolute Gasteiger partial charge is 0.300 e. The Morgan fingerprint density at radius 3 is 2.54 bits per heavy atom. The van der Waals surface area contributed by atoms with Gasteiger partial charge in [0.15, 0.2) is 0 Å². The average molecular weight is 205 g/mol. The number of ketones is 1. The van der Waals surface area contributed by atoms with Gasteiger partial charge in [-0.05, 0) is 6.42 Å². The quantitative estimate of drug-likeness (QED) is 0.708. The van der Waals surface area contributed by atoms with Crippen LogP contribution in [0.15, 0.2) is 0 Å². The molecule has 1 aliphatic rings. The first-order valence-electron chi connectivity index (χ1n) is 4.55. The molecule has 1 fully saturated rings. The fourth-order valence-electron chi connectivity index (χ4n) is 1.22. The molecule has 0 aromatic carbocycles. The molecule has 0 radical (unpaired) electrons. The first kappa shape index (κ1) is 10.7. The van der Waals surface area contributed by atoms with E-state index in [0.29, 0.717) is 19.3 Å². The minimum Gasteiger partial charge on any atom is -0.300 e. The number of Topliss-reactive ketones (excluding diaryl/α,β-unsaturated/α-hetero) is 1. The maximum Gasteiger partial charge on any atom is 0.211 e. The van der Waals surface area contributed by atoms with Crippen molar-refractivity contribution in [3.63, 3.8) is 0 Å². The van der Waals surface area contributed by atoms with Crippen molar-refractivity contribution in [2.45, 2.75) is 38.6 Å². The molecule has 0 heterocycles. The van der Waals surface area contributed by atoms with E-state index in [1.54, 1.807) is 0 Å². The molecule has 4 nitrogen and oxygen atoms in total. The standard InChI is InChI=1S/C8H15NO3S/c1-2-3-4-13(11,12)9-7-5-8(10)6-7/h7,9H,2-6H2,1H3. The van der Waals surface area contributed by atoms with Gasteiger partial charge in [-0.25, -0.2) is 13.1 Å². The number of rotatable bonds is 5. The van der Waals surface area contributed by atoms with Gasteiger partial charge in [0.05, 0.1) is 5.75 Å². The van der Waals surface area contributed by atoms with Crippen LogP contribution >= 0.6 is 0 Å². The van der Waals surface area contributed by atoms with Gasteiger partial charge in [0.2, 0.25) is 10.0 Å². The second kappa shape index (κ2) is 4.19. The van der Waals surface area contributed by atoms with Gasteiger partial charge in [0.25, 0.3) is 0 Å². The van der Waals surface area contributed by atoms with Crippen molar-refractivity contribution in [1.82, 2.24) is 4.72 Å². The topological polar surface area (TPSA) is 63.2 Å². The fraction of sp³-hybridized carbons (Fsp3) is 0.875. The zero-order valence-electron chi connectivity index (χ0n) is 7.75. The van der Waals surface area contributed by atoms with Crippen LogP contribution in [0.4, 0.5) is 0 Å². The van der Waals surface area contributed by atoms with E-state index in [2.05, 4.69) is 4.72 Å². The van der Waals surface area contributed by atoms with E-state index in [4.69, 9.17) is 0 Å². The molecule has 5 heteroatoms. The number of carbonyl (C=O) groups excluding carboxylic acids is 1. The van der Waals surface area contributed by atoms with Crippen LogP contribution in [0.1, 0.15) is 32.6 Å². The van der Waals surface area contributed by atoms with Crippen molar-refractivity contribution < 1.29 is 13.2 Å². The van der Waals surface area contributed by atoms with Crippen LogP contribution < -0.4 is 4.72 Å². The highest BCUT2D eigenvalue weighted by molar-refractivity contribution is 7.89. The first-order valence-corrected chi connectivity index (χ1v) is 6.20. The maximum absolute atomic E-state index is 11.3. The molecule has 13 heavy (non-hydrogen) atoms. The summed E-state index contributed by atoms with van der Waals surface area (Å²) in [6, 6.07) is -0.130.